The zero-order chi connectivity index (χ0) is 18.0. The van der Waals surface area contributed by atoms with Gasteiger partial charge in [-0.15, -0.1) is 12.4 Å². The number of hydrogen-bond acceptors (Lipinski definition) is 3. The molecule has 142 valence electrons. The monoisotopic (exact) mass is 380 g/mol. The fraction of sp³-hybridized carbons (Fsp3) is 0.474. The van der Waals surface area contributed by atoms with Crippen molar-refractivity contribution in [3.05, 3.63) is 47.0 Å². The molecule has 1 aliphatic rings. The van der Waals surface area contributed by atoms with Gasteiger partial charge >= 0.3 is 0 Å². The Balaban J connectivity index is 0.00000243. The highest BCUT2D eigenvalue weighted by Gasteiger charge is 2.24. The first kappa shape index (κ1) is 20.4. The van der Waals surface area contributed by atoms with Crippen LogP contribution < -0.4 is 5.32 Å². The van der Waals surface area contributed by atoms with E-state index in [0.717, 1.165) is 48.6 Å². The van der Waals surface area contributed by atoms with Crippen LogP contribution in [0.4, 0.5) is 4.39 Å². The summed E-state index contributed by atoms with van der Waals surface area (Å²) in [5.74, 6) is -0.130. The molecule has 1 amide bonds. The topological polar surface area (TPSA) is 50.2 Å². The summed E-state index contributed by atoms with van der Waals surface area (Å²) < 4.78 is 14.9. The molecule has 5 nitrogen and oxygen atoms in total. The zero-order valence-electron chi connectivity index (χ0n) is 15.5. The SMILES string of the molecule is CNC1CCCN(C(=O)Cc2c(C)nn(-c3ccc(F)cc3)c2C)C1.Cl. The second-order valence-corrected chi connectivity index (χ2v) is 6.68. The average molecular weight is 381 g/mol. The number of aryl methyl sites for hydroxylation is 1. The van der Waals surface area contributed by atoms with Gasteiger partial charge in [0.1, 0.15) is 5.82 Å². The molecule has 1 fully saturated rings. The standard InChI is InChI=1S/C19H25FN4O.ClH/c1-13-18(11-19(25)23-10-4-5-16(12-23)21-3)14(2)24(22-13)17-8-6-15(20)7-9-17;/h6-9,16,21H,4-5,10-12H2,1-3H3;1H. The molecule has 0 saturated carbocycles. The lowest BCUT2D eigenvalue weighted by molar-refractivity contribution is -0.131. The lowest BCUT2D eigenvalue weighted by Crippen LogP contribution is -2.47. The molecule has 2 heterocycles. The third-order valence-electron chi connectivity index (χ3n) is 5.02. The Morgan fingerprint density at radius 1 is 1.31 bits per heavy atom. The summed E-state index contributed by atoms with van der Waals surface area (Å²) in [6.07, 6.45) is 2.50. The van der Waals surface area contributed by atoms with E-state index in [9.17, 15) is 9.18 Å². The molecular weight excluding hydrogens is 355 g/mol. The Morgan fingerprint density at radius 2 is 2.00 bits per heavy atom. The van der Waals surface area contributed by atoms with Crippen LogP contribution in [0.2, 0.25) is 0 Å². The normalized spacial score (nSPS) is 17.1. The van der Waals surface area contributed by atoms with E-state index in [0.29, 0.717) is 12.5 Å². The number of amides is 1. The molecule has 7 heteroatoms. The average Bonchev–Trinajstić information content (AvgIpc) is 2.90. The number of nitrogens with one attached hydrogen (secondary N) is 1. The van der Waals surface area contributed by atoms with E-state index in [4.69, 9.17) is 0 Å². The molecule has 0 spiro atoms. The van der Waals surface area contributed by atoms with Gasteiger partial charge in [-0.25, -0.2) is 9.07 Å². The van der Waals surface area contributed by atoms with Gasteiger partial charge in [0.2, 0.25) is 5.91 Å². The summed E-state index contributed by atoms with van der Waals surface area (Å²) in [5, 5.41) is 7.82. The van der Waals surface area contributed by atoms with Crippen LogP contribution in [-0.2, 0) is 11.2 Å². The van der Waals surface area contributed by atoms with Gasteiger partial charge in [-0.2, -0.15) is 5.10 Å². The highest BCUT2D eigenvalue weighted by Crippen LogP contribution is 2.20. The molecule has 0 aliphatic carbocycles. The van der Waals surface area contributed by atoms with Crippen molar-refractivity contribution in [1.82, 2.24) is 20.0 Å². The Bertz CT molecular complexity index is 760. The molecule has 1 aliphatic heterocycles. The molecule has 1 N–H and O–H groups in total. The molecule has 0 bridgehead atoms. The number of carbonyl (C=O) groups excluding carboxylic acids is 1. The smallest absolute Gasteiger partial charge is 0.227 e. The second-order valence-electron chi connectivity index (χ2n) is 6.68. The molecule has 1 saturated heterocycles. The van der Waals surface area contributed by atoms with Gasteiger partial charge in [0.15, 0.2) is 0 Å². The number of hydrogen-bond donors (Lipinski definition) is 1. The van der Waals surface area contributed by atoms with Crippen molar-refractivity contribution in [1.29, 1.82) is 0 Å². The Kier molecular flexibility index (Phi) is 6.78. The Morgan fingerprint density at radius 3 is 2.65 bits per heavy atom. The number of halogens is 2. The van der Waals surface area contributed by atoms with E-state index in [-0.39, 0.29) is 24.1 Å². The van der Waals surface area contributed by atoms with E-state index in [1.54, 1.807) is 16.8 Å². The summed E-state index contributed by atoms with van der Waals surface area (Å²) in [6.45, 7) is 5.46. The first-order valence-electron chi connectivity index (χ1n) is 8.75. The molecule has 26 heavy (non-hydrogen) atoms. The van der Waals surface area contributed by atoms with Crippen molar-refractivity contribution in [2.24, 2.45) is 0 Å². The fourth-order valence-corrected chi connectivity index (χ4v) is 3.47. The largest absolute Gasteiger partial charge is 0.341 e. The minimum absolute atomic E-state index is 0. The number of benzene rings is 1. The minimum atomic E-state index is -0.273. The number of nitrogens with zero attached hydrogens (tertiary/aromatic N) is 3. The van der Waals surface area contributed by atoms with Gasteiger partial charge in [-0.05, 0) is 58.0 Å². The van der Waals surface area contributed by atoms with Crippen LogP contribution in [0.25, 0.3) is 5.69 Å². The number of likely N-dealkylation sites (N-methyl/N-ethyl adjacent to an activating group) is 1. The van der Waals surface area contributed by atoms with Gasteiger partial charge in [0.05, 0.1) is 17.8 Å². The van der Waals surface area contributed by atoms with E-state index in [1.807, 2.05) is 25.8 Å². The highest BCUT2D eigenvalue weighted by atomic mass is 35.5. The summed E-state index contributed by atoms with van der Waals surface area (Å²) in [7, 11) is 1.94. The van der Waals surface area contributed by atoms with Gasteiger partial charge in [0, 0.05) is 30.4 Å². The lowest BCUT2D eigenvalue weighted by atomic mass is 10.0. The van der Waals surface area contributed by atoms with E-state index < -0.39 is 0 Å². The number of aromatic nitrogens is 2. The summed E-state index contributed by atoms with van der Waals surface area (Å²) in [5.41, 5.74) is 3.53. The highest BCUT2D eigenvalue weighted by molar-refractivity contribution is 5.85. The van der Waals surface area contributed by atoms with Crippen molar-refractivity contribution < 1.29 is 9.18 Å². The van der Waals surface area contributed by atoms with Crippen molar-refractivity contribution in [3.63, 3.8) is 0 Å². The van der Waals surface area contributed by atoms with Gasteiger partial charge in [-0.1, -0.05) is 0 Å². The van der Waals surface area contributed by atoms with Crippen molar-refractivity contribution in [2.45, 2.75) is 39.2 Å². The summed E-state index contributed by atoms with van der Waals surface area (Å²) in [6, 6.07) is 6.61. The maximum atomic E-state index is 13.1. The molecular formula is C19H26ClFN4O. The van der Waals surface area contributed by atoms with E-state index in [1.165, 1.54) is 12.1 Å². The molecule has 1 atom stereocenters. The van der Waals surface area contributed by atoms with Crippen LogP contribution in [-0.4, -0.2) is 46.8 Å². The molecule has 1 aromatic carbocycles. The third-order valence-corrected chi connectivity index (χ3v) is 5.02. The molecule has 1 unspecified atom stereocenters. The number of likely N-dealkylation sites (tertiary alicyclic amines) is 1. The quantitative estimate of drug-likeness (QED) is 0.887. The molecule has 2 aromatic rings. The lowest BCUT2D eigenvalue weighted by Gasteiger charge is -2.32. The Hall–Kier alpha value is -1.92. The van der Waals surface area contributed by atoms with E-state index in [2.05, 4.69) is 10.4 Å². The predicted octanol–water partition coefficient (Wildman–Crippen LogP) is 2.80. The molecule has 0 radical (unpaired) electrons. The predicted molar refractivity (Wildman–Crippen MR) is 103 cm³/mol. The van der Waals surface area contributed by atoms with Crippen molar-refractivity contribution in [2.75, 3.05) is 20.1 Å². The van der Waals surface area contributed by atoms with E-state index >= 15 is 0 Å². The third kappa shape index (κ3) is 4.24. The minimum Gasteiger partial charge on any atom is -0.341 e. The molecule has 3 rings (SSSR count). The first-order chi connectivity index (χ1) is 12.0. The van der Waals surface area contributed by atoms with Crippen LogP contribution in [0.3, 0.4) is 0 Å². The number of carbonyl (C=O) groups is 1. The van der Waals surface area contributed by atoms with Crippen LogP contribution >= 0.6 is 12.4 Å². The second kappa shape index (κ2) is 8.64. The molecule has 1 aromatic heterocycles. The number of piperidine rings is 1. The Labute approximate surface area is 160 Å². The summed E-state index contributed by atoms with van der Waals surface area (Å²) >= 11 is 0. The van der Waals surface area contributed by atoms with Crippen molar-refractivity contribution >= 4 is 18.3 Å². The zero-order valence-corrected chi connectivity index (χ0v) is 16.3. The first-order valence-corrected chi connectivity index (χ1v) is 8.75. The van der Waals surface area contributed by atoms with Crippen LogP contribution in [0.1, 0.15) is 29.8 Å². The maximum Gasteiger partial charge on any atom is 0.227 e. The van der Waals surface area contributed by atoms with Gasteiger partial charge < -0.3 is 10.2 Å². The maximum absolute atomic E-state index is 13.1. The van der Waals surface area contributed by atoms with Gasteiger partial charge in [0.25, 0.3) is 0 Å². The summed E-state index contributed by atoms with van der Waals surface area (Å²) in [4.78, 5) is 14.7. The fourth-order valence-electron chi connectivity index (χ4n) is 3.47. The van der Waals surface area contributed by atoms with Crippen molar-refractivity contribution in [3.8, 4) is 5.69 Å². The number of rotatable bonds is 4. The van der Waals surface area contributed by atoms with Crippen LogP contribution in [0.5, 0.6) is 0 Å². The van der Waals surface area contributed by atoms with Crippen LogP contribution in [0.15, 0.2) is 24.3 Å². The van der Waals surface area contributed by atoms with Gasteiger partial charge in [-0.3, -0.25) is 4.79 Å². The van der Waals surface area contributed by atoms with Crippen LogP contribution in [0, 0.1) is 19.7 Å².